The van der Waals surface area contributed by atoms with Crippen LogP contribution in [0.3, 0.4) is 0 Å². The summed E-state index contributed by atoms with van der Waals surface area (Å²) in [4.78, 5) is 25.7. The highest BCUT2D eigenvalue weighted by Gasteiger charge is 2.16. The molecule has 150 valence electrons. The van der Waals surface area contributed by atoms with Crippen LogP contribution in [0.15, 0.2) is 53.2 Å². The number of nitrogens with one attached hydrogen (secondary N) is 1. The zero-order valence-electron chi connectivity index (χ0n) is 16.8. The number of carbonyl (C=O) groups excluding carboxylic acids is 1. The predicted octanol–water partition coefficient (Wildman–Crippen LogP) is 2.98. The van der Waals surface area contributed by atoms with E-state index in [4.69, 9.17) is 4.42 Å². The zero-order chi connectivity index (χ0) is 20.2. The lowest BCUT2D eigenvalue weighted by Gasteiger charge is -2.34. The molecule has 7 heteroatoms. The number of piperazine rings is 1. The van der Waals surface area contributed by atoms with Crippen molar-refractivity contribution in [2.45, 2.75) is 13.3 Å². The van der Waals surface area contributed by atoms with Crippen LogP contribution >= 0.6 is 0 Å². The maximum atomic E-state index is 12.5. The summed E-state index contributed by atoms with van der Waals surface area (Å²) < 4.78 is 5.70. The Morgan fingerprint density at radius 3 is 2.59 bits per heavy atom. The van der Waals surface area contributed by atoms with Gasteiger partial charge in [-0.2, -0.15) is 0 Å². The van der Waals surface area contributed by atoms with Crippen LogP contribution in [-0.2, 0) is 11.2 Å². The van der Waals surface area contributed by atoms with Gasteiger partial charge in [-0.25, -0.2) is 4.98 Å². The van der Waals surface area contributed by atoms with E-state index in [2.05, 4.69) is 44.3 Å². The second-order valence-corrected chi connectivity index (χ2v) is 7.33. The average molecular weight is 391 g/mol. The van der Waals surface area contributed by atoms with E-state index in [9.17, 15) is 4.79 Å². The number of likely N-dealkylation sites (N-methyl/N-ethyl adjacent to an activating group) is 1. The molecular weight excluding hydrogens is 366 g/mol. The van der Waals surface area contributed by atoms with Crippen LogP contribution in [0.4, 0.5) is 11.4 Å². The van der Waals surface area contributed by atoms with Gasteiger partial charge >= 0.3 is 0 Å². The Morgan fingerprint density at radius 1 is 1.14 bits per heavy atom. The Morgan fingerprint density at radius 2 is 1.90 bits per heavy atom. The van der Waals surface area contributed by atoms with Crippen molar-refractivity contribution in [2.24, 2.45) is 0 Å². The molecule has 0 unspecified atom stereocenters. The molecule has 3 heterocycles. The van der Waals surface area contributed by atoms with E-state index < -0.39 is 0 Å². The highest BCUT2D eigenvalue weighted by Crippen LogP contribution is 2.22. The van der Waals surface area contributed by atoms with Crippen LogP contribution in [0.1, 0.15) is 11.5 Å². The molecular formula is C22H25N5O2. The Kier molecular flexibility index (Phi) is 5.57. The summed E-state index contributed by atoms with van der Waals surface area (Å²) in [6, 6.07) is 11.7. The normalized spacial score (nSPS) is 14.8. The first-order chi connectivity index (χ1) is 14.1. The number of nitrogens with zero attached hydrogens (tertiary/aromatic N) is 4. The molecule has 0 radical (unpaired) electrons. The lowest BCUT2D eigenvalue weighted by Crippen LogP contribution is -2.44. The number of hydrogen-bond acceptors (Lipinski definition) is 6. The average Bonchev–Trinajstić information content (AvgIpc) is 3.10. The largest absolute Gasteiger partial charge is 0.441 e. The molecule has 0 spiro atoms. The molecule has 1 aliphatic rings. The van der Waals surface area contributed by atoms with Gasteiger partial charge in [0.15, 0.2) is 0 Å². The second kappa shape index (κ2) is 8.45. The van der Waals surface area contributed by atoms with Crippen molar-refractivity contribution in [1.29, 1.82) is 0 Å². The standard InChI is InChI=1S/C22H25N5O2/c1-16-20(25-22(29-16)17-4-3-9-23-15-17)14-21(28)24-18-5-7-19(8-6-18)27-12-10-26(2)11-13-27/h3-9,15H,10-14H2,1-2H3,(H,24,28). The third-order valence-electron chi connectivity index (χ3n) is 5.15. The van der Waals surface area contributed by atoms with Gasteiger partial charge in [-0.15, -0.1) is 0 Å². The minimum Gasteiger partial charge on any atom is -0.441 e. The van der Waals surface area contributed by atoms with Crippen LogP contribution < -0.4 is 10.2 Å². The fourth-order valence-electron chi connectivity index (χ4n) is 3.38. The summed E-state index contributed by atoms with van der Waals surface area (Å²) in [5, 5.41) is 2.94. The van der Waals surface area contributed by atoms with Crippen molar-refractivity contribution in [3.8, 4) is 11.5 Å². The quantitative estimate of drug-likeness (QED) is 0.721. The van der Waals surface area contributed by atoms with E-state index in [0.29, 0.717) is 17.3 Å². The third-order valence-corrected chi connectivity index (χ3v) is 5.15. The molecule has 4 rings (SSSR count). The number of aryl methyl sites for hydroxylation is 1. The topological polar surface area (TPSA) is 74.5 Å². The maximum absolute atomic E-state index is 12.5. The van der Waals surface area contributed by atoms with E-state index in [1.807, 2.05) is 31.2 Å². The van der Waals surface area contributed by atoms with Gasteiger partial charge in [-0.3, -0.25) is 9.78 Å². The minimum atomic E-state index is -0.119. The lowest BCUT2D eigenvalue weighted by atomic mass is 10.2. The highest BCUT2D eigenvalue weighted by molar-refractivity contribution is 5.92. The number of pyridine rings is 1. The summed E-state index contributed by atoms with van der Waals surface area (Å²) in [7, 11) is 2.15. The van der Waals surface area contributed by atoms with Crippen LogP contribution in [0.25, 0.3) is 11.5 Å². The summed E-state index contributed by atoms with van der Waals surface area (Å²) in [6.45, 7) is 5.99. The van der Waals surface area contributed by atoms with E-state index in [0.717, 1.165) is 37.4 Å². The molecule has 29 heavy (non-hydrogen) atoms. The number of benzene rings is 1. The van der Waals surface area contributed by atoms with E-state index in [1.54, 1.807) is 12.4 Å². The molecule has 7 nitrogen and oxygen atoms in total. The van der Waals surface area contributed by atoms with Crippen molar-refractivity contribution in [1.82, 2.24) is 14.9 Å². The molecule has 1 N–H and O–H groups in total. The van der Waals surface area contributed by atoms with Crippen molar-refractivity contribution >= 4 is 17.3 Å². The van der Waals surface area contributed by atoms with E-state index >= 15 is 0 Å². The highest BCUT2D eigenvalue weighted by atomic mass is 16.4. The van der Waals surface area contributed by atoms with E-state index in [-0.39, 0.29) is 12.3 Å². The fourth-order valence-corrected chi connectivity index (χ4v) is 3.38. The Hall–Kier alpha value is -3.19. The van der Waals surface area contributed by atoms with Crippen LogP contribution in [0.2, 0.25) is 0 Å². The maximum Gasteiger partial charge on any atom is 0.230 e. The number of rotatable bonds is 5. The predicted molar refractivity (Wildman–Crippen MR) is 113 cm³/mol. The smallest absolute Gasteiger partial charge is 0.230 e. The fraction of sp³-hybridized carbons (Fsp3) is 0.318. The second-order valence-electron chi connectivity index (χ2n) is 7.33. The molecule has 1 aromatic carbocycles. The van der Waals surface area contributed by atoms with Crippen LogP contribution in [0, 0.1) is 6.92 Å². The number of oxazole rings is 1. The van der Waals surface area contributed by atoms with Crippen LogP contribution in [0.5, 0.6) is 0 Å². The van der Waals surface area contributed by atoms with Gasteiger partial charge in [-0.1, -0.05) is 0 Å². The van der Waals surface area contributed by atoms with Gasteiger partial charge in [0.2, 0.25) is 11.8 Å². The lowest BCUT2D eigenvalue weighted by molar-refractivity contribution is -0.115. The SMILES string of the molecule is Cc1oc(-c2cccnc2)nc1CC(=O)Nc1ccc(N2CCN(C)CC2)cc1. The van der Waals surface area contributed by atoms with Crippen LogP contribution in [-0.4, -0.2) is 54.0 Å². The first-order valence-electron chi connectivity index (χ1n) is 9.78. The Balaban J connectivity index is 1.37. The van der Waals surface area contributed by atoms with Crippen molar-refractivity contribution in [2.75, 3.05) is 43.4 Å². The van der Waals surface area contributed by atoms with Gasteiger partial charge in [0, 0.05) is 49.9 Å². The molecule has 3 aromatic rings. The number of anilines is 2. The van der Waals surface area contributed by atoms with Gasteiger partial charge < -0.3 is 19.5 Å². The first kappa shape index (κ1) is 19.1. The number of amides is 1. The first-order valence-corrected chi connectivity index (χ1v) is 9.78. The van der Waals surface area contributed by atoms with Gasteiger partial charge in [0.25, 0.3) is 0 Å². The zero-order valence-corrected chi connectivity index (χ0v) is 16.8. The Bertz CT molecular complexity index is 961. The minimum absolute atomic E-state index is 0.119. The molecule has 0 atom stereocenters. The van der Waals surface area contributed by atoms with Gasteiger partial charge in [-0.05, 0) is 50.4 Å². The number of hydrogen-bond donors (Lipinski definition) is 1. The molecule has 1 aliphatic heterocycles. The summed E-state index contributed by atoms with van der Waals surface area (Å²) >= 11 is 0. The summed E-state index contributed by atoms with van der Waals surface area (Å²) in [5.74, 6) is 1.01. The monoisotopic (exact) mass is 391 g/mol. The molecule has 0 saturated carbocycles. The molecule has 1 fully saturated rings. The molecule has 1 amide bonds. The van der Waals surface area contributed by atoms with Gasteiger partial charge in [0.1, 0.15) is 5.76 Å². The summed E-state index contributed by atoms with van der Waals surface area (Å²) in [5.41, 5.74) is 3.39. The molecule has 1 saturated heterocycles. The number of carbonyl (C=O) groups is 1. The molecule has 0 aliphatic carbocycles. The molecule has 0 bridgehead atoms. The Labute approximate surface area is 170 Å². The number of aromatic nitrogens is 2. The van der Waals surface area contributed by atoms with Crippen molar-refractivity contribution in [3.05, 3.63) is 60.2 Å². The van der Waals surface area contributed by atoms with Crippen molar-refractivity contribution < 1.29 is 9.21 Å². The van der Waals surface area contributed by atoms with Crippen molar-refractivity contribution in [3.63, 3.8) is 0 Å². The summed E-state index contributed by atoms with van der Waals surface area (Å²) in [6.07, 6.45) is 3.55. The van der Waals surface area contributed by atoms with E-state index in [1.165, 1.54) is 5.69 Å². The third kappa shape index (κ3) is 4.63. The van der Waals surface area contributed by atoms with Gasteiger partial charge in [0.05, 0.1) is 17.7 Å². The molecule has 2 aromatic heterocycles.